The Morgan fingerprint density at radius 2 is 2.21 bits per heavy atom. The lowest BCUT2D eigenvalue weighted by molar-refractivity contribution is -0.134. The summed E-state index contributed by atoms with van der Waals surface area (Å²) in [5.41, 5.74) is 0.163. The van der Waals surface area contributed by atoms with Gasteiger partial charge in [-0.25, -0.2) is 13.8 Å². The number of carbonyl (C=O) groups excluding carboxylic acids is 2. The van der Waals surface area contributed by atoms with Crippen molar-refractivity contribution in [3.8, 4) is 0 Å². The van der Waals surface area contributed by atoms with E-state index in [1.807, 2.05) is 17.7 Å². The van der Waals surface area contributed by atoms with Gasteiger partial charge in [0.05, 0.1) is 12.5 Å². The van der Waals surface area contributed by atoms with Crippen molar-refractivity contribution >= 4 is 11.8 Å². The van der Waals surface area contributed by atoms with Crippen molar-refractivity contribution in [1.82, 2.24) is 25.1 Å². The molecule has 28 heavy (non-hydrogen) atoms. The first-order valence-electron chi connectivity index (χ1n) is 9.15. The van der Waals surface area contributed by atoms with Gasteiger partial charge in [-0.1, -0.05) is 12.1 Å². The molecular formula is C19H23F2N5O2. The number of aromatic nitrogens is 2. The fourth-order valence-electron chi connectivity index (χ4n) is 3.27. The number of piperazine rings is 1. The van der Waals surface area contributed by atoms with E-state index in [0.717, 1.165) is 11.9 Å². The molecule has 2 amide bonds. The van der Waals surface area contributed by atoms with E-state index in [0.29, 0.717) is 26.2 Å². The van der Waals surface area contributed by atoms with Crippen molar-refractivity contribution in [2.75, 3.05) is 19.6 Å². The van der Waals surface area contributed by atoms with Gasteiger partial charge in [-0.2, -0.15) is 0 Å². The average molecular weight is 391 g/mol. The smallest absolute Gasteiger partial charge is 0.237 e. The molecule has 2 N–H and O–H groups in total. The van der Waals surface area contributed by atoms with Gasteiger partial charge in [0.25, 0.3) is 0 Å². The molecule has 0 aliphatic carbocycles. The number of aryl methyl sites for hydroxylation is 1. The van der Waals surface area contributed by atoms with Gasteiger partial charge in [0.15, 0.2) is 11.6 Å². The maximum atomic E-state index is 14.0. The summed E-state index contributed by atoms with van der Waals surface area (Å²) in [6.07, 6.45) is 3.46. The van der Waals surface area contributed by atoms with E-state index >= 15 is 0 Å². The van der Waals surface area contributed by atoms with Gasteiger partial charge in [-0.15, -0.1) is 0 Å². The van der Waals surface area contributed by atoms with Crippen LogP contribution in [0.2, 0.25) is 0 Å². The molecule has 2 heterocycles. The minimum absolute atomic E-state index is 0.0499. The molecule has 1 saturated heterocycles. The van der Waals surface area contributed by atoms with Crippen LogP contribution in [-0.2, 0) is 22.7 Å². The van der Waals surface area contributed by atoms with Crippen LogP contribution >= 0.6 is 0 Å². The van der Waals surface area contributed by atoms with E-state index in [9.17, 15) is 18.4 Å². The zero-order valence-corrected chi connectivity index (χ0v) is 15.6. The molecule has 9 heteroatoms. The zero-order valence-electron chi connectivity index (χ0n) is 15.6. The van der Waals surface area contributed by atoms with Crippen molar-refractivity contribution in [1.29, 1.82) is 0 Å². The molecule has 1 aromatic carbocycles. The molecule has 0 saturated carbocycles. The van der Waals surface area contributed by atoms with E-state index in [4.69, 9.17) is 0 Å². The highest BCUT2D eigenvalue weighted by Crippen LogP contribution is 2.18. The maximum Gasteiger partial charge on any atom is 0.237 e. The van der Waals surface area contributed by atoms with Gasteiger partial charge < -0.3 is 15.2 Å². The highest BCUT2D eigenvalue weighted by Gasteiger charge is 2.32. The third-order valence-electron chi connectivity index (χ3n) is 4.82. The first kappa shape index (κ1) is 19.9. The van der Waals surface area contributed by atoms with Gasteiger partial charge in [0, 0.05) is 50.7 Å². The molecule has 1 aliphatic heterocycles. The lowest BCUT2D eigenvalue weighted by atomic mass is 10.1. The molecule has 7 nitrogen and oxygen atoms in total. The van der Waals surface area contributed by atoms with Crippen LogP contribution in [0, 0.1) is 18.6 Å². The molecule has 1 fully saturated rings. The fourth-order valence-corrected chi connectivity index (χ4v) is 3.27. The Bertz CT molecular complexity index is 855. The lowest BCUT2D eigenvalue weighted by Crippen LogP contribution is -2.56. The second-order valence-corrected chi connectivity index (χ2v) is 6.71. The van der Waals surface area contributed by atoms with Crippen molar-refractivity contribution in [3.63, 3.8) is 0 Å². The number of carbonyl (C=O) groups is 2. The lowest BCUT2D eigenvalue weighted by Gasteiger charge is -2.34. The number of amides is 2. The quantitative estimate of drug-likeness (QED) is 0.738. The SMILES string of the molecule is Cc1nccn1CCNC(=O)CC1C(=O)NCCN1Cc1cccc(F)c1F. The van der Waals surface area contributed by atoms with Crippen LogP contribution < -0.4 is 10.6 Å². The molecule has 1 unspecified atom stereocenters. The van der Waals surface area contributed by atoms with Crippen molar-refractivity contribution in [2.45, 2.75) is 32.5 Å². The van der Waals surface area contributed by atoms with Crippen LogP contribution in [0.4, 0.5) is 8.78 Å². The van der Waals surface area contributed by atoms with Crippen molar-refractivity contribution in [2.24, 2.45) is 0 Å². The van der Waals surface area contributed by atoms with E-state index in [-0.39, 0.29) is 30.3 Å². The molecule has 0 bridgehead atoms. The average Bonchev–Trinajstić information content (AvgIpc) is 3.07. The van der Waals surface area contributed by atoms with Gasteiger partial charge in [0.1, 0.15) is 5.82 Å². The highest BCUT2D eigenvalue weighted by molar-refractivity contribution is 5.88. The summed E-state index contributed by atoms with van der Waals surface area (Å²) in [4.78, 5) is 30.4. The molecule has 1 atom stereocenters. The van der Waals surface area contributed by atoms with Crippen LogP contribution in [0.5, 0.6) is 0 Å². The normalized spacial score (nSPS) is 17.4. The van der Waals surface area contributed by atoms with Gasteiger partial charge in [-0.3, -0.25) is 14.5 Å². The Kier molecular flexibility index (Phi) is 6.35. The summed E-state index contributed by atoms with van der Waals surface area (Å²) < 4.78 is 29.4. The number of rotatable bonds is 7. The van der Waals surface area contributed by atoms with Crippen molar-refractivity contribution in [3.05, 3.63) is 53.6 Å². The van der Waals surface area contributed by atoms with Crippen LogP contribution in [-0.4, -0.2) is 51.9 Å². The van der Waals surface area contributed by atoms with Crippen LogP contribution in [0.15, 0.2) is 30.6 Å². The topological polar surface area (TPSA) is 79.3 Å². The summed E-state index contributed by atoms with van der Waals surface area (Å²) in [5.74, 6) is -1.56. The Balaban J connectivity index is 1.59. The number of imidazole rings is 1. The first-order valence-corrected chi connectivity index (χ1v) is 9.15. The van der Waals surface area contributed by atoms with E-state index in [1.165, 1.54) is 12.1 Å². The van der Waals surface area contributed by atoms with E-state index in [1.54, 1.807) is 11.1 Å². The van der Waals surface area contributed by atoms with Gasteiger partial charge in [-0.05, 0) is 13.0 Å². The molecule has 0 spiro atoms. The largest absolute Gasteiger partial charge is 0.354 e. The number of hydrogen-bond donors (Lipinski definition) is 2. The van der Waals surface area contributed by atoms with Crippen LogP contribution in [0.3, 0.4) is 0 Å². The standard InChI is InChI=1S/C19H23F2N5O2/c1-13-22-5-8-25(13)9-6-23-17(27)11-16-19(28)24-7-10-26(16)12-14-3-2-4-15(20)18(14)21/h2-5,8,16H,6-7,9-12H2,1H3,(H,23,27)(H,24,28). The predicted molar refractivity (Wildman–Crippen MR) is 98.2 cm³/mol. The second-order valence-electron chi connectivity index (χ2n) is 6.71. The third kappa shape index (κ3) is 4.72. The molecule has 1 aliphatic rings. The third-order valence-corrected chi connectivity index (χ3v) is 4.82. The summed E-state index contributed by atoms with van der Waals surface area (Å²) in [7, 11) is 0. The van der Waals surface area contributed by atoms with Gasteiger partial charge in [0.2, 0.25) is 11.8 Å². The number of nitrogens with zero attached hydrogens (tertiary/aromatic N) is 3. The maximum absolute atomic E-state index is 14.0. The van der Waals surface area contributed by atoms with Crippen LogP contribution in [0.25, 0.3) is 0 Å². The molecule has 3 rings (SSSR count). The van der Waals surface area contributed by atoms with E-state index in [2.05, 4.69) is 15.6 Å². The Hall–Kier alpha value is -2.81. The Morgan fingerprint density at radius 1 is 1.39 bits per heavy atom. The minimum atomic E-state index is -0.928. The summed E-state index contributed by atoms with van der Waals surface area (Å²) >= 11 is 0. The molecule has 2 aromatic rings. The number of benzene rings is 1. The minimum Gasteiger partial charge on any atom is -0.354 e. The monoisotopic (exact) mass is 391 g/mol. The molecule has 0 radical (unpaired) electrons. The zero-order chi connectivity index (χ0) is 20.1. The molecule has 1 aromatic heterocycles. The molecule has 150 valence electrons. The fraction of sp³-hybridized carbons (Fsp3) is 0.421. The second kappa shape index (κ2) is 8.92. The predicted octanol–water partition coefficient (Wildman–Crippen LogP) is 0.977. The summed E-state index contributed by atoms with van der Waals surface area (Å²) in [6.45, 7) is 3.76. The van der Waals surface area contributed by atoms with E-state index < -0.39 is 17.7 Å². The summed E-state index contributed by atoms with van der Waals surface area (Å²) in [6, 6.07) is 3.23. The number of nitrogens with one attached hydrogen (secondary N) is 2. The van der Waals surface area contributed by atoms with Crippen molar-refractivity contribution < 1.29 is 18.4 Å². The Labute approximate surface area is 161 Å². The highest BCUT2D eigenvalue weighted by atomic mass is 19.2. The number of hydrogen-bond acceptors (Lipinski definition) is 4. The number of halogens is 2. The Morgan fingerprint density at radius 3 is 2.96 bits per heavy atom. The molecular weight excluding hydrogens is 368 g/mol. The van der Waals surface area contributed by atoms with Gasteiger partial charge >= 0.3 is 0 Å². The van der Waals surface area contributed by atoms with Crippen LogP contribution in [0.1, 0.15) is 17.8 Å². The first-order chi connectivity index (χ1) is 13.5. The summed E-state index contributed by atoms with van der Waals surface area (Å²) in [5, 5.41) is 5.52.